The molecule has 1 N–H and O–H groups in total. The molecule has 0 saturated carbocycles. The highest BCUT2D eigenvalue weighted by molar-refractivity contribution is 14.0. The van der Waals surface area contributed by atoms with Gasteiger partial charge in [0.25, 0.3) is 0 Å². The summed E-state index contributed by atoms with van der Waals surface area (Å²) in [4.78, 5) is 6.25. The third kappa shape index (κ3) is 5.86. The SMILES string of the molecule is CN=C(NCc1cc(C)no1)N(C)Cc1ccc(Cl)c(Cl)c1.I. The number of aromatic nitrogens is 1. The first kappa shape index (κ1) is 20.1. The maximum Gasteiger partial charge on any atom is 0.194 e. The lowest BCUT2D eigenvalue weighted by Crippen LogP contribution is -2.37. The standard InChI is InChI=1S/C15H18Cl2N4O.HI/c1-10-6-12(22-20-10)8-19-15(18-2)21(3)9-11-4-5-13(16)14(17)7-11;/h4-7H,8-9H2,1-3H3,(H,18,19);1H. The van der Waals surface area contributed by atoms with E-state index in [1.807, 2.05) is 37.1 Å². The highest BCUT2D eigenvalue weighted by atomic mass is 127. The van der Waals surface area contributed by atoms with Gasteiger partial charge in [-0.3, -0.25) is 4.99 Å². The van der Waals surface area contributed by atoms with Crippen LogP contribution in [0.1, 0.15) is 17.0 Å². The van der Waals surface area contributed by atoms with Gasteiger partial charge in [0.1, 0.15) is 0 Å². The maximum absolute atomic E-state index is 6.04. The van der Waals surface area contributed by atoms with Crippen LogP contribution in [0.2, 0.25) is 10.0 Å². The maximum atomic E-state index is 6.04. The number of benzene rings is 1. The fourth-order valence-electron chi connectivity index (χ4n) is 2.04. The Labute approximate surface area is 163 Å². The van der Waals surface area contributed by atoms with Crippen LogP contribution >= 0.6 is 47.2 Å². The van der Waals surface area contributed by atoms with E-state index >= 15 is 0 Å². The summed E-state index contributed by atoms with van der Waals surface area (Å²) in [5, 5.41) is 8.18. The zero-order valence-corrected chi connectivity index (χ0v) is 17.0. The molecule has 0 spiro atoms. The molecule has 0 aliphatic rings. The van der Waals surface area contributed by atoms with Crippen LogP contribution in [0.5, 0.6) is 0 Å². The quantitative estimate of drug-likeness (QED) is 0.416. The summed E-state index contributed by atoms with van der Waals surface area (Å²) in [5.74, 6) is 1.52. The predicted octanol–water partition coefficient (Wildman–Crippen LogP) is 4.12. The van der Waals surface area contributed by atoms with E-state index in [1.165, 1.54) is 0 Å². The molecule has 5 nitrogen and oxygen atoms in total. The summed E-state index contributed by atoms with van der Waals surface area (Å²) in [6.07, 6.45) is 0. The molecule has 0 saturated heterocycles. The molecule has 1 heterocycles. The normalized spacial score (nSPS) is 11.1. The Hall–Kier alpha value is -0.990. The second kappa shape index (κ2) is 9.34. The molecule has 8 heteroatoms. The lowest BCUT2D eigenvalue weighted by Gasteiger charge is -2.22. The average molecular weight is 469 g/mol. The molecular formula is C15H19Cl2IN4O. The smallest absolute Gasteiger partial charge is 0.194 e. The van der Waals surface area contributed by atoms with Gasteiger partial charge < -0.3 is 14.7 Å². The minimum Gasteiger partial charge on any atom is -0.359 e. The summed E-state index contributed by atoms with van der Waals surface area (Å²) >= 11 is 12.0. The fourth-order valence-corrected chi connectivity index (χ4v) is 2.36. The van der Waals surface area contributed by atoms with Crippen LogP contribution < -0.4 is 5.32 Å². The Balaban J connectivity index is 0.00000264. The van der Waals surface area contributed by atoms with E-state index in [0.29, 0.717) is 23.1 Å². The number of hydrogen-bond donors (Lipinski definition) is 1. The first-order chi connectivity index (χ1) is 10.5. The van der Waals surface area contributed by atoms with Crippen molar-refractivity contribution in [1.82, 2.24) is 15.4 Å². The Morgan fingerprint density at radius 1 is 1.30 bits per heavy atom. The lowest BCUT2D eigenvalue weighted by molar-refractivity contribution is 0.373. The summed E-state index contributed by atoms with van der Waals surface area (Å²) in [6, 6.07) is 7.48. The number of hydrogen-bond acceptors (Lipinski definition) is 3. The molecular weight excluding hydrogens is 450 g/mol. The van der Waals surface area contributed by atoms with Crippen molar-refractivity contribution >= 4 is 53.1 Å². The first-order valence-electron chi connectivity index (χ1n) is 6.77. The van der Waals surface area contributed by atoms with Crippen LogP contribution in [0.4, 0.5) is 0 Å². The largest absolute Gasteiger partial charge is 0.359 e. The molecule has 0 fully saturated rings. The van der Waals surface area contributed by atoms with Gasteiger partial charge in [-0.1, -0.05) is 34.4 Å². The molecule has 2 rings (SSSR count). The lowest BCUT2D eigenvalue weighted by atomic mass is 10.2. The highest BCUT2D eigenvalue weighted by Crippen LogP contribution is 2.23. The van der Waals surface area contributed by atoms with E-state index in [-0.39, 0.29) is 24.0 Å². The fraction of sp³-hybridized carbons (Fsp3) is 0.333. The van der Waals surface area contributed by atoms with Gasteiger partial charge in [0.15, 0.2) is 11.7 Å². The van der Waals surface area contributed by atoms with E-state index < -0.39 is 0 Å². The van der Waals surface area contributed by atoms with Crippen molar-refractivity contribution in [3.05, 3.63) is 51.3 Å². The number of nitrogens with one attached hydrogen (secondary N) is 1. The Morgan fingerprint density at radius 3 is 2.61 bits per heavy atom. The van der Waals surface area contributed by atoms with Crippen LogP contribution in [-0.2, 0) is 13.1 Å². The molecule has 0 atom stereocenters. The topological polar surface area (TPSA) is 53.7 Å². The van der Waals surface area contributed by atoms with Gasteiger partial charge in [-0.2, -0.15) is 0 Å². The van der Waals surface area contributed by atoms with E-state index in [9.17, 15) is 0 Å². The van der Waals surface area contributed by atoms with Crippen molar-refractivity contribution in [2.75, 3.05) is 14.1 Å². The molecule has 1 aromatic heterocycles. The number of aliphatic imine (C=N–C) groups is 1. The van der Waals surface area contributed by atoms with Crippen molar-refractivity contribution in [2.45, 2.75) is 20.0 Å². The number of rotatable bonds is 4. The average Bonchev–Trinajstić information content (AvgIpc) is 2.89. The second-order valence-corrected chi connectivity index (χ2v) is 5.75. The van der Waals surface area contributed by atoms with E-state index in [2.05, 4.69) is 15.5 Å². The second-order valence-electron chi connectivity index (χ2n) is 4.94. The molecule has 0 bridgehead atoms. The number of nitrogens with zero attached hydrogens (tertiary/aromatic N) is 3. The van der Waals surface area contributed by atoms with Crippen LogP contribution in [0.25, 0.3) is 0 Å². The molecule has 23 heavy (non-hydrogen) atoms. The van der Waals surface area contributed by atoms with Crippen molar-refractivity contribution in [3.8, 4) is 0 Å². The van der Waals surface area contributed by atoms with Gasteiger partial charge in [0, 0.05) is 26.7 Å². The Morgan fingerprint density at radius 2 is 2.04 bits per heavy atom. The molecule has 0 radical (unpaired) electrons. The molecule has 0 aliphatic heterocycles. The van der Waals surface area contributed by atoms with Gasteiger partial charge in [-0.25, -0.2) is 0 Å². The zero-order chi connectivity index (χ0) is 16.1. The number of guanidine groups is 1. The number of halogens is 3. The van der Waals surface area contributed by atoms with Crippen molar-refractivity contribution < 1.29 is 4.52 Å². The highest BCUT2D eigenvalue weighted by Gasteiger charge is 2.09. The van der Waals surface area contributed by atoms with E-state index in [1.54, 1.807) is 13.1 Å². The third-order valence-corrected chi connectivity index (χ3v) is 3.81. The van der Waals surface area contributed by atoms with Gasteiger partial charge in [0.2, 0.25) is 0 Å². The molecule has 0 unspecified atom stereocenters. The minimum atomic E-state index is 0. The van der Waals surface area contributed by atoms with Gasteiger partial charge in [-0.05, 0) is 24.6 Å². The van der Waals surface area contributed by atoms with Crippen molar-refractivity contribution in [1.29, 1.82) is 0 Å². The van der Waals surface area contributed by atoms with Crippen LogP contribution in [0, 0.1) is 6.92 Å². The summed E-state index contributed by atoms with van der Waals surface area (Å²) < 4.78 is 5.17. The van der Waals surface area contributed by atoms with Gasteiger partial charge in [-0.15, -0.1) is 24.0 Å². The first-order valence-corrected chi connectivity index (χ1v) is 7.53. The minimum absolute atomic E-state index is 0. The molecule has 126 valence electrons. The van der Waals surface area contributed by atoms with E-state index in [4.69, 9.17) is 27.7 Å². The summed E-state index contributed by atoms with van der Waals surface area (Å²) in [6.45, 7) is 3.07. The Bertz CT molecular complexity index is 675. The third-order valence-electron chi connectivity index (χ3n) is 3.07. The van der Waals surface area contributed by atoms with Gasteiger partial charge >= 0.3 is 0 Å². The van der Waals surface area contributed by atoms with Gasteiger partial charge in [0.05, 0.1) is 22.3 Å². The molecule has 0 amide bonds. The van der Waals surface area contributed by atoms with E-state index in [0.717, 1.165) is 23.0 Å². The summed E-state index contributed by atoms with van der Waals surface area (Å²) in [5.41, 5.74) is 1.91. The van der Waals surface area contributed by atoms with Crippen LogP contribution in [-0.4, -0.2) is 30.1 Å². The Kier molecular flexibility index (Phi) is 8.15. The predicted molar refractivity (Wildman–Crippen MR) is 105 cm³/mol. The molecule has 0 aliphatic carbocycles. The molecule has 1 aromatic carbocycles. The van der Waals surface area contributed by atoms with Crippen LogP contribution in [0.15, 0.2) is 33.8 Å². The van der Waals surface area contributed by atoms with Crippen molar-refractivity contribution in [3.63, 3.8) is 0 Å². The van der Waals surface area contributed by atoms with Crippen molar-refractivity contribution in [2.24, 2.45) is 4.99 Å². The summed E-state index contributed by atoms with van der Waals surface area (Å²) in [7, 11) is 3.68. The number of aryl methyl sites for hydroxylation is 1. The monoisotopic (exact) mass is 468 g/mol. The van der Waals surface area contributed by atoms with Crippen LogP contribution in [0.3, 0.4) is 0 Å². The molecule has 2 aromatic rings. The zero-order valence-electron chi connectivity index (χ0n) is 13.1.